The number of carbonyl (C=O) groups excluding carboxylic acids is 3. The van der Waals surface area contributed by atoms with Crippen LogP contribution >= 0.6 is 11.6 Å². The van der Waals surface area contributed by atoms with Gasteiger partial charge >= 0.3 is 0 Å². The lowest BCUT2D eigenvalue weighted by Crippen LogP contribution is -2.46. The second-order valence-electron chi connectivity index (χ2n) is 7.62. The van der Waals surface area contributed by atoms with Crippen LogP contribution in [0.15, 0.2) is 24.3 Å². The van der Waals surface area contributed by atoms with Crippen LogP contribution in [0.5, 0.6) is 0 Å². The Balaban J connectivity index is 1.64. The van der Waals surface area contributed by atoms with Gasteiger partial charge in [-0.15, -0.1) is 0 Å². The van der Waals surface area contributed by atoms with E-state index >= 15 is 0 Å². The number of hydrogen-bond acceptors (Lipinski definition) is 4. The van der Waals surface area contributed by atoms with Crippen molar-refractivity contribution < 1.29 is 19.1 Å². The smallest absolute Gasteiger partial charge is 0.248 e. The molecule has 1 heterocycles. The molecule has 1 saturated heterocycles. The minimum Gasteiger partial charge on any atom is -0.383 e. The first kappa shape index (κ1) is 21.6. The molecule has 7 nitrogen and oxygen atoms in total. The normalized spacial score (nSPS) is 17.7. The molecule has 0 N–H and O–H groups in total. The molecule has 0 radical (unpaired) electrons. The summed E-state index contributed by atoms with van der Waals surface area (Å²) in [7, 11) is 1.58. The Morgan fingerprint density at radius 2 is 2.00 bits per heavy atom. The van der Waals surface area contributed by atoms with Crippen LogP contribution in [-0.4, -0.2) is 67.5 Å². The van der Waals surface area contributed by atoms with Crippen molar-refractivity contribution in [1.29, 1.82) is 0 Å². The molecule has 2 aliphatic rings. The Labute approximate surface area is 176 Å². The van der Waals surface area contributed by atoms with Gasteiger partial charge in [0.1, 0.15) is 13.2 Å². The molecule has 0 spiro atoms. The van der Waals surface area contributed by atoms with Gasteiger partial charge in [-0.2, -0.15) is 0 Å². The van der Waals surface area contributed by atoms with E-state index in [0.29, 0.717) is 23.9 Å². The molecular weight excluding hydrogens is 394 g/mol. The molecule has 0 atom stereocenters. The zero-order valence-corrected chi connectivity index (χ0v) is 17.6. The standard InChI is InChI=1S/C21H28ClN3O4/c1-29-11-10-23(21(28)16-6-3-2-4-7-16)13-19(26)24-14-20(27)25(15-24)18-9-5-8-17(22)12-18/h5,8-9,12,16H,2-4,6-7,10-11,13-15H2,1H3. The number of methoxy groups -OCH3 is 1. The summed E-state index contributed by atoms with van der Waals surface area (Å²) < 4.78 is 5.13. The first-order valence-electron chi connectivity index (χ1n) is 10.1. The number of halogens is 1. The molecule has 1 aliphatic heterocycles. The molecular formula is C21H28ClN3O4. The molecule has 3 amide bonds. The highest BCUT2D eigenvalue weighted by molar-refractivity contribution is 6.31. The van der Waals surface area contributed by atoms with Gasteiger partial charge in [0.25, 0.3) is 0 Å². The van der Waals surface area contributed by atoms with Crippen LogP contribution in [0.2, 0.25) is 5.02 Å². The predicted molar refractivity (Wildman–Crippen MR) is 111 cm³/mol. The lowest BCUT2D eigenvalue weighted by molar-refractivity contribution is -0.144. The van der Waals surface area contributed by atoms with E-state index in [2.05, 4.69) is 0 Å². The molecule has 1 saturated carbocycles. The lowest BCUT2D eigenvalue weighted by Gasteiger charge is -2.30. The summed E-state index contributed by atoms with van der Waals surface area (Å²) in [6.45, 7) is 0.876. The molecule has 2 fully saturated rings. The van der Waals surface area contributed by atoms with E-state index in [9.17, 15) is 14.4 Å². The SMILES string of the molecule is COCCN(CC(=O)N1CC(=O)N(c2cccc(Cl)c2)C1)C(=O)C1CCCCC1. The molecule has 158 valence electrons. The third kappa shape index (κ3) is 5.48. The maximum Gasteiger partial charge on any atom is 0.248 e. The molecule has 29 heavy (non-hydrogen) atoms. The highest BCUT2D eigenvalue weighted by atomic mass is 35.5. The number of benzene rings is 1. The molecule has 3 rings (SSSR count). The fourth-order valence-electron chi connectivity index (χ4n) is 3.92. The van der Waals surface area contributed by atoms with E-state index in [1.54, 1.807) is 36.3 Å². The lowest BCUT2D eigenvalue weighted by atomic mass is 9.88. The van der Waals surface area contributed by atoms with Gasteiger partial charge in [-0.1, -0.05) is 36.9 Å². The van der Waals surface area contributed by atoms with Crippen molar-refractivity contribution in [1.82, 2.24) is 9.80 Å². The Morgan fingerprint density at radius 1 is 1.24 bits per heavy atom. The molecule has 0 aromatic heterocycles. The van der Waals surface area contributed by atoms with Gasteiger partial charge in [-0.3, -0.25) is 19.3 Å². The maximum absolute atomic E-state index is 12.9. The van der Waals surface area contributed by atoms with E-state index in [1.807, 2.05) is 0 Å². The summed E-state index contributed by atoms with van der Waals surface area (Å²) in [5, 5.41) is 0.531. The van der Waals surface area contributed by atoms with Crippen molar-refractivity contribution in [2.75, 3.05) is 44.9 Å². The Kier molecular flexibility index (Phi) is 7.50. The summed E-state index contributed by atoms with van der Waals surface area (Å²) in [6, 6.07) is 6.99. The van der Waals surface area contributed by atoms with Crippen molar-refractivity contribution >= 4 is 35.0 Å². The number of ether oxygens (including phenoxy) is 1. The van der Waals surface area contributed by atoms with Crippen molar-refractivity contribution in [3.8, 4) is 0 Å². The van der Waals surface area contributed by atoms with Gasteiger partial charge in [-0.05, 0) is 31.0 Å². The second kappa shape index (κ2) is 10.1. The van der Waals surface area contributed by atoms with Gasteiger partial charge in [0.15, 0.2) is 0 Å². The zero-order chi connectivity index (χ0) is 20.8. The van der Waals surface area contributed by atoms with E-state index in [4.69, 9.17) is 16.3 Å². The Hall–Kier alpha value is -2.12. The molecule has 0 unspecified atom stereocenters. The van der Waals surface area contributed by atoms with Crippen LogP contribution in [0.4, 0.5) is 5.69 Å². The van der Waals surface area contributed by atoms with E-state index in [0.717, 1.165) is 32.1 Å². The van der Waals surface area contributed by atoms with Gasteiger partial charge < -0.3 is 14.5 Å². The molecule has 1 aromatic carbocycles. The zero-order valence-electron chi connectivity index (χ0n) is 16.8. The molecule has 1 aliphatic carbocycles. The number of carbonyl (C=O) groups is 3. The largest absolute Gasteiger partial charge is 0.383 e. The number of amides is 3. The van der Waals surface area contributed by atoms with Crippen LogP contribution in [0.3, 0.4) is 0 Å². The van der Waals surface area contributed by atoms with Crippen LogP contribution in [0, 0.1) is 5.92 Å². The number of rotatable bonds is 7. The summed E-state index contributed by atoms with van der Waals surface area (Å²) in [4.78, 5) is 42.9. The average molecular weight is 422 g/mol. The monoisotopic (exact) mass is 421 g/mol. The summed E-state index contributed by atoms with van der Waals surface area (Å²) in [6.07, 6.45) is 5.02. The number of nitrogens with zero attached hydrogens (tertiary/aromatic N) is 3. The van der Waals surface area contributed by atoms with Crippen molar-refractivity contribution in [3.63, 3.8) is 0 Å². The molecule has 1 aromatic rings. The minimum atomic E-state index is -0.233. The predicted octanol–water partition coefficient (Wildman–Crippen LogP) is 2.53. The van der Waals surface area contributed by atoms with Crippen LogP contribution in [0.25, 0.3) is 0 Å². The second-order valence-corrected chi connectivity index (χ2v) is 8.06. The molecule has 8 heteroatoms. The summed E-state index contributed by atoms with van der Waals surface area (Å²) >= 11 is 6.02. The Bertz CT molecular complexity index is 751. The molecule has 0 bridgehead atoms. The van der Waals surface area contributed by atoms with Gasteiger partial charge in [0.2, 0.25) is 17.7 Å². The van der Waals surface area contributed by atoms with E-state index in [1.165, 1.54) is 9.80 Å². The summed E-state index contributed by atoms with van der Waals surface area (Å²) in [5.74, 6) is -0.394. The van der Waals surface area contributed by atoms with Crippen molar-refractivity contribution in [2.24, 2.45) is 5.92 Å². The minimum absolute atomic E-state index is 0.00107. The van der Waals surface area contributed by atoms with Crippen LogP contribution < -0.4 is 4.90 Å². The van der Waals surface area contributed by atoms with Gasteiger partial charge in [0, 0.05) is 30.3 Å². The third-order valence-electron chi connectivity index (χ3n) is 5.57. The number of hydrogen-bond donors (Lipinski definition) is 0. The number of anilines is 1. The topological polar surface area (TPSA) is 70.2 Å². The third-order valence-corrected chi connectivity index (χ3v) is 5.80. The van der Waals surface area contributed by atoms with E-state index < -0.39 is 0 Å². The van der Waals surface area contributed by atoms with E-state index in [-0.39, 0.29) is 43.4 Å². The highest BCUT2D eigenvalue weighted by Crippen LogP contribution is 2.26. The average Bonchev–Trinajstić information content (AvgIpc) is 3.13. The first-order valence-corrected chi connectivity index (χ1v) is 10.5. The quantitative estimate of drug-likeness (QED) is 0.678. The fourth-order valence-corrected chi connectivity index (χ4v) is 4.11. The fraction of sp³-hybridized carbons (Fsp3) is 0.571. The van der Waals surface area contributed by atoms with Crippen molar-refractivity contribution in [3.05, 3.63) is 29.3 Å². The maximum atomic E-state index is 12.9. The highest BCUT2D eigenvalue weighted by Gasteiger charge is 2.34. The summed E-state index contributed by atoms with van der Waals surface area (Å²) in [5.41, 5.74) is 0.660. The van der Waals surface area contributed by atoms with Crippen LogP contribution in [-0.2, 0) is 19.1 Å². The van der Waals surface area contributed by atoms with Crippen molar-refractivity contribution in [2.45, 2.75) is 32.1 Å². The van der Waals surface area contributed by atoms with Gasteiger partial charge in [0.05, 0.1) is 13.2 Å². The Morgan fingerprint density at radius 3 is 2.69 bits per heavy atom. The van der Waals surface area contributed by atoms with Crippen LogP contribution in [0.1, 0.15) is 32.1 Å². The van der Waals surface area contributed by atoms with Gasteiger partial charge in [-0.25, -0.2) is 0 Å². The first-order chi connectivity index (χ1) is 14.0.